The monoisotopic (exact) mass is 373 g/mol. The number of hydrogen-bond acceptors (Lipinski definition) is 5. The molecule has 1 fully saturated rings. The van der Waals surface area contributed by atoms with Crippen LogP contribution in [0.25, 0.3) is 0 Å². The first-order chi connectivity index (χ1) is 11.5. The fourth-order valence-corrected chi connectivity index (χ4v) is 5.59. The van der Waals surface area contributed by atoms with Crippen LogP contribution in [0.5, 0.6) is 0 Å². The lowest BCUT2D eigenvalue weighted by atomic mass is 9.99. The molecule has 0 N–H and O–H groups in total. The van der Waals surface area contributed by atoms with Gasteiger partial charge in [-0.3, -0.25) is 0 Å². The van der Waals surface area contributed by atoms with Gasteiger partial charge in [0.25, 0.3) is 0 Å². The number of hydrogen-bond donors (Lipinski definition) is 0. The van der Waals surface area contributed by atoms with Crippen LogP contribution in [0.4, 0.5) is 18.3 Å². The minimum atomic E-state index is -4.36. The van der Waals surface area contributed by atoms with Crippen molar-refractivity contribution in [2.45, 2.75) is 50.6 Å². The summed E-state index contributed by atoms with van der Waals surface area (Å²) in [7, 11) is 0. The average molecular weight is 373 g/mol. The van der Waals surface area contributed by atoms with Gasteiger partial charge in [-0.05, 0) is 38.5 Å². The molecule has 0 amide bonds. The third kappa shape index (κ3) is 3.18. The molecular weight excluding hydrogens is 355 g/mol. The largest absolute Gasteiger partial charge is 0.434 e. The molecule has 130 valence electrons. The molecule has 2 aromatic heterocycles. The summed E-state index contributed by atoms with van der Waals surface area (Å²) in [6.07, 6.45) is 2.32. The summed E-state index contributed by atoms with van der Waals surface area (Å²) < 4.78 is 38.3. The van der Waals surface area contributed by atoms with E-state index in [4.69, 9.17) is 4.98 Å². The second-order valence-corrected chi connectivity index (χ2v) is 8.38. The number of halogens is 3. The number of piperidine rings is 1. The van der Waals surface area contributed by atoms with Gasteiger partial charge in [0.15, 0.2) is 10.8 Å². The summed E-state index contributed by atoms with van der Waals surface area (Å²) in [5, 5.41) is 2.76. The first-order valence-corrected chi connectivity index (χ1v) is 9.96. The van der Waals surface area contributed by atoms with Crippen LogP contribution < -0.4 is 4.90 Å². The SMILES string of the molecule is FC(F)(F)c1csc(N2CCCC(c3nc4c(s3)CCCC4)C2)n1. The average Bonchev–Trinajstić information content (AvgIpc) is 3.21. The lowest BCUT2D eigenvalue weighted by Gasteiger charge is -2.31. The van der Waals surface area contributed by atoms with Gasteiger partial charge in [0.1, 0.15) is 0 Å². The fraction of sp³-hybridized carbons (Fsp3) is 0.625. The van der Waals surface area contributed by atoms with Crippen molar-refractivity contribution in [3.05, 3.63) is 26.7 Å². The smallest absolute Gasteiger partial charge is 0.347 e. The van der Waals surface area contributed by atoms with Crippen LogP contribution in [0.3, 0.4) is 0 Å². The molecule has 0 bridgehead atoms. The van der Waals surface area contributed by atoms with Crippen molar-refractivity contribution >= 4 is 27.8 Å². The summed E-state index contributed by atoms with van der Waals surface area (Å²) >= 11 is 2.90. The lowest BCUT2D eigenvalue weighted by Crippen LogP contribution is -2.34. The predicted molar refractivity (Wildman–Crippen MR) is 90.1 cm³/mol. The van der Waals surface area contributed by atoms with Gasteiger partial charge in [0.05, 0.1) is 10.7 Å². The van der Waals surface area contributed by atoms with Gasteiger partial charge in [-0.2, -0.15) is 13.2 Å². The van der Waals surface area contributed by atoms with E-state index >= 15 is 0 Å². The summed E-state index contributed by atoms with van der Waals surface area (Å²) in [5.74, 6) is 0.313. The van der Waals surface area contributed by atoms with Gasteiger partial charge in [-0.15, -0.1) is 22.7 Å². The molecule has 0 aromatic carbocycles. The van der Waals surface area contributed by atoms with Gasteiger partial charge < -0.3 is 4.90 Å². The normalized spacial score (nSPS) is 21.8. The van der Waals surface area contributed by atoms with Crippen LogP contribution in [0.15, 0.2) is 5.38 Å². The highest BCUT2D eigenvalue weighted by Crippen LogP contribution is 2.38. The Balaban J connectivity index is 1.51. The van der Waals surface area contributed by atoms with Crippen LogP contribution in [0.2, 0.25) is 0 Å². The summed E-state index contributed by atoms with van der Waals surface area (Å²) in [5.41, 5.74) is 0.473. The van der Waals surface area contributed by atoms with Crippen molar-refractivity contribution in [3.63, 3.8) is 0 Å². The molecule has 1 atom stereocenters. The Kier molecular flexibility index (Phi) is 4.28. The highest BCUT2D eigenvalue weighted by Gasteiger charge is 2.35. The maximum absolute atomic E-state index is 12.8. The Morgan fingerprint density at radius 3 is 2.71 bits per heavy atom. The molecule has 3 nitrogen and oxygen atoms in total. The molecule has 1 unspecified atom stereocenters. The molecule has 8 heteroatoms. The zero-order valence-corrected chi connectivity index (χ0v) is 14.7. The number of alkyl halides is 3. The second kappa shape index (κ2) is 6.29. The van der Waals surface area contributed by atoms with Crippen molar-refractivity contribution in [1.29, 1.82) is 0 Å². The quantitative estimate of drug-likeness (QED) is 0.751. The maximum Gasteiger partial charge on any atom is 0.434 e. The molecule has 2 aliphatic rings. The second-order valence-electron chi connectivity index (χ2n) is 6.43. The third-order valence-corrected chi connectivity index (χ3v) is 6.91. The highest BCUT2D eigenvalue weighted by atomic mass is 32.1. The first kappa shape index (κ1) is 16.3. The minimum Gasteiger partial charge on any atom is -0.347 e. The molecule has 24 heavy (non-hydrogen) atoms. The number of rotatable bonds is 2. The predicted octanol–water partition coefficient (Wildman–Crippen LogP) is 4.88. The molecule has 1 saturated heterocycles. The lowest BCUT2D eigenvalue weighted by molar-refractivity contribution is -0.140. The van der Waals surface area contributed by atoms with E-state index in [1.165, 1.54) is 28.4 Å². The maximum atomic E-state index is 12.8. The van der Waals surface area contributed by atoms with Gasteiger partial charge in [-0.1, -0.05) is 0 Å². The van der Waals surface area contributed by atoms with E-state index in [9.17, 15) is 13.2 Å². The van der Waals surface area contributed by atoms with Crippen molar-refractivity contribution in [1.82, 2.24) is 9.97 Å². The summed E-state index contributed by atoms with van der Waals surface area (Å²) in [6.45, 7) is 1.49. The zero-order valence-electron chi connectivity index (χ0n) is 13.1. The van der Waals surface area contributed by atoms with Crippen LogP contribution in [0.1, 0.15) is 52.9 Å². The van der Waals surface area contributed by atoms with Crippen molar-refractivity contribution < 1.29 is 13.2 Å². The Bertz CT molecular complexity index is 699. The third-order valence-electron chi connectivity index (χ3n) is 4.69. The Hall–Kier alpha value is -1.15. The molecule has 0 radical (unpaired) electrons. The van der Waals surface area contributed by atoms with E-state index < -0.39 is 11.9 Å². The Morgan fingerprint density at radius 1 is 1.12 bits per heavy atom. The number of fused-ring (bicyclic) bond motifs is 1. The van der Waals surface area contributed by atoms with E-state index in [1.807, 2.05) is 16.2 Å². The Labute approximate surface area is 146 Å². The first-order valence-electron chi connectivity index (χ1n) is 8.27. The molecular formula is C16H18F3N3S2. The van der Waals surface area contributed by atoms with E-state index in [2.05, 4.69) is 4.98 Å². The molecule has 1 aliphatic heterocycles. The number of aryl methyl sites for hydroxylation is 2. The van der Waals surface area contributed by atoms with E-state index in [0.717, 1.165) is 55.5 Å². The van der Waals surface area contributed by atoms with Gasteiger partial charge in [0, 0.05) is 29.3 Å². The number of thiazole rings is 2. The minimum absolute atomic E-state index is 0.313. The Morgan fingerprint density at radius 2 is 1.96 bits per heavy atom. The van der Waals surface area contributed by atoms with Crippen LogP contribution in [-0.2, 0) is 19.0 Å². The molecule has 2 aromatic rings. The van der Waals surface area contributed by atoms with Crippen molar-refractivity contribution in [2.75, 3.05) is 18.0 Å². The standard InChI is InChI=1S/C16H18F3N3S2/c17-16(18,19)13-9-23-15(21-13)22-7-3-4-10(8-22)14-20-11-5-1-2-6-12(11)24-14/h9-10H,1-8H2. The van der Waals surface area contributed by atoms with Crippen LogP contribution in [-0.4, -0.2) is 23.1 Å². The van der Waals surface area contributed by atoms with Crippen LogP contribution >= 0.6 is 22.7 Å². The summed E-state index contributed by atoms with van der Waals surface area (Å²) in [6, 6.07) is 0. The van der Waals surface area contributed by atoms with E-state index in [1.54, 1.807) is 0 Å². The number of aromatic nitrogens is 2. The topological polar surface area (TPSA) is 29.0 Å². The van der Waals surface area contributed by atoms with Gasteiger partial charge >= 0.3 is 6.18 Å². The molecule has 3 heterocycles. The van der Waals surface area contributed by atoms with Gasteiger partial charge in [-0.25, -0.2) is 9.97 Å². The molecule has 1 aliphatic carbocycles. The van der Waals surface area contributed by atoms with Crippen LogP contribution in [0, 0.1) is 0 Å². The van der Waals surface area contributed by atoms with E-state index in [-0.39, 0.29) is 0 Å². The van der Waals surface area contributed by atoms with E-state index in [0.29, 0.717) is 11.0 Å². The van der Waals surface area contributed by atoms with Crippen molar-refractivity contribution in [3.8, 4) is 0 Å². The molecule has 0 saturated carbocycles. The highest BCUT2D eigenvalue weighted by molar-refractivity contribution is 7.13. The van der Waals surface area contributed by atoms with Crippen molar-refractivity contribution in [2.24, 2.45) is 0 Å². The summed E-state index contributed by atoms with van der Waals surface area (Å²) in [4.78, 5) is 12.1. The molecule has 0 spiro atoms. The zero-order chi connectivity index (χ0) is 16.7. The molecule has 4 rings (SSSR count). The number of anilines is 1. The van der Waals surface area contributed by atoms with Gasteiger partial charge in [0.2, 0.25) is 0 Å². The fourth-order valence-electron chi connectivity index (χ4n) is 3.44. The number of nitrogens with zero attached hydrogens (tertiary/aromatic N) is 3.